The molecule has 0 N–H and O–H groups in total. The van der Waals surface area contributed by atoms with Gasteiger partial charge in [0.2, 0.25) is 0 Å². The molecule has 0 spiro atoms. The van der Waals surface area contributed by atoms with Gasteiger partial charge >= 0.3 is 0 Å². The molecule has 0 fully saturated rings. The van der Waals surface area contributed by atoms with Crippen molar-refractivity contribution in [3.05, 3.63) is 35.9 Å². The van der Waals surface area contributed by atoms with E-state index in [1.807, 2.05) is 27.2 Å². The minimum atomic E-state index is 0.990. The van der Waals surface area contributed by atoms with Crippen molar-refractivity contribution in [3.63, 3.8) is 0 Å². The minimum Gasteiger partial charge on any atom is -0.114 e. The average Bonchev–Trinajstić information content (AvgIpc) is 2.29. The molecule has 1 aromatic carbocycles. The summed E-state index contributed by atoms with van der Waals surface area (Å²) in [5.41, 5.74) is 1.36. The highest BCUT2D eigenvalue weighted by molar-refractivity contribution is 7.57. The van der Waals surface area contributed by atoms with Gasteiger partial charge in [0.15, 0.2) is 0 Å². The summed E-state index contributed by atoms with van der Waals surface area (Å²) in [5, 5.41) is 0. The molecule has 1 rings (SSSR count). The highest BCUT2D eigenvalue weighted by atomic mass is 13.8. The predicted octanol–water partition coefficient (Wildman–Crippen LogP) is -0.469. The number of benzene rings is 1. The first-order valence-electron chi connectivity index (χ1n) is 5.16. The SMILES string of the molecule is [B][B][B][B][B][B]C[B]Cc1ccccc1. The molecular weight excluding hydrogens is 172 g/mol. The van der Waals surface area contributed by atoms with E-state index in [2.05, 4.69) is 38.7 Å². The molecule has 8 radical (unpaired) electrons. The lowest BCUT2D eigenvalue weighted by Gasteiger charge is -1.98. The van der Waals surface area contributed by atoms with Crippen molar-refractivity contribution in [2.45, 2.75) is 12.5 Å². The lowest BCUT2D eigenvalue weighted by molar-refractivity contribution is 1.38. The van der Waals surface area contributed by atoms with Crippen molar-refractivity contribution in [2.75, 3.05) is 0 Å². The van der Waals surface area contributed by atoms with Gasteiger partial charge in [-0.05, 0) is 0 Å². The molecule has 0 aliphatic rings. The Balaban J connectivity index is 1.93. The molecule has 1 aromatic rings. The fourth-order valence-electron chi connectivity index (χ4n) is 1.25. The van der Waals surface area contributed by atoms with Gasteiger partial charge in [0.05, 0.1) is 0 Å². The van der Waals surface area contributed by atoms with Gasteiger partial charge in [0.1, 0.15) is 7.28 Å². The Bertz CT molecular complexity index is 240. The van der Waals surface area contributed by atoms with Crippen LogP contribution in [0, 0.1) is 0 Å². The summed E-state index contributed by atoms with van der Waals surface area (Å²) in [6.07, 6.45) is 2.02. The Kier molecular flexibility index (Phi) is 7.60. The number of hydrogen-bond acceptors (Lipinski definition) is 0. The van der Waals surface area contributed by atoms with Gasteiger partial charge in [-0.15, -0.1) is 6.22 Å². The largest absolute Gasteiger partial charge is 0.114 e. The highest BCUT2D eigenvalue weighted by Crippen LogP contribution is 1.98. The monoisotopic (exact) mass is 182 g/mol. The van der Waals surface area contributed by atoms with Crippen LogP contribution in [0.5, 0.6) is 0 Å². The molecule has 15 heavy (non-hydrogen) atoms. The van der Waals surface area contributed by atoms with Crippen molar-refractivity contribution in [2.24, 2.45) is 0 Å². The normalized spacial score (nSPS) is 8.80. The summed E-state index contributed by atoms with van der Waals surface area (Å²) >= 11 is 0. The molecule has 0 unspecified atom stereocenters. The highest BCUT2D eigenvalue weighted by Gasteiger charge is 1.96. The fraction of sp³-hybridized carbons (Fsp3) is 0.250. The zero-order valence-electron chi connectivity index (χ0n) is 8.84. The van der Waals surface area contributed by atoms with Gasteiger partial charge in [0.25, 0.3) is 0 Å². The van der Waals surface area contributed by atoms with E-state index in [0.717, 1.165) is 12.5 Å². The summed E-state index contributed by atoms with van der Waals surface area (Å²) in [6.45, 7) is 0. The van der Waals surface area contributed by atoms with Gasteiger partial charge < -0.3 is 0 Å². The van der Waals surface area contributed by atoms with Gasteiger partial charge in [0, 0.05) is 43.2 Å². The molecular formula is C8H9B7. The average molecular weight is 181 g/mol. The van der Waals surface area contributed by atoms with E-state index in [1.54, 1.807) is 0 Å². The number of rotatable bonds is 8. The molecule has 0 saturated heterocycles. The Labute approximate surface area is 99.2 Å². The molecule has 0 aliphatic carbocycles. The van der Waals surface area contributed by atoms with Crippen molar-refractivity contribution in [3.8, 4) is 0 Å². The first kappa shape index (κ1) is 12.7. The van der Waals surface area contributed by atoms with E-state index in [1.165, 1.54) is 12.6 Å². The van der Waals surface area contributed by atoms with Crippen LogP contribution in [0.25, 0.3) is 0 Å². The smallest absolute Gasteiger partial charge is 0.106 e. The molecule has 0 aliphatic heterocycles. The van der Waals surface area contributed by atoms with Gasteiger partial charge in [-0.2, -0.15) is 0 Å². The Morgan fingerprint density at radius 2 is 1.80 bits per heavy atom. The molecule has 0 nitrogen and oxygen atoms in total. The van der Waals surface area contributed by atoms with E-state index >= 15 is 0 Å². The second-order valence-electron chi connectivity index (χ2n) is 3.22. The third-order valence-corrected chi connectivity index (χ3v) is 2.00. The Morgan fingerprint density at radius 1 is 1.00 bits per heavy atom. The third-order valence-electron chi connectivity index (χ3n) is 2.00. The van der Waals surface area contributed by atoms with E-state index in [4.69, 9.17) is 7.74 Å². The molecule has 62 valence electrons. The van der Waals surface area contributed by atoms with E-state index in [9.17, 15) is 0 Å². The summed E-state index contributed by atoms with van der Waals surface area (Å²) < 4.78 is 0. The standard InChI is InChI=1S/C8H9B7/c9-12-14-15-13-11-7-10-6-8-4-2-1-3-5-8/h1-5H,6-7H2. The Hall–Kier alpha value is -0.325. The van der Waals surface area contributed by atoms with Crippen molar-refractivity contribution >= 4 is 50.4 Å². The zero-order chi connectivity index (χ0) is 10.8. The molecule has 7 heteroatoms. The quantitative estimate of drug-likeness (QED) is 0.375. The molecule has 0 atom stereocenters. The third kappa shape index (κ3) is 6.70. The van der Waals surface area contributed by atoms with Gasteiger partial charge in [-0.3, -0.25) is 0 Å². The molecule has 0 amide bonds. The van der Waals surface area contributed by atoms with Crippen molar-refractivity contribution in [1.82, 2.24) is 0 Å². The van der Waals surface area contributed by atoms with Crippen molar-refractivity contribution in [1.29, 1.82) is 0 Å². The van der Waals surface area contributed by atoms with Crippen LogP contribution in [-0.4, -0.2) is 50.4 Å². The lowest BCUT2D eigenvalue weighted by atomic mass is 8.98. The van der Waals surface area contributed by atoms with Crippen LogP contribution in [0.15, 0.2) is 30.3 Å². The van der Waals surface area contributed by atoms with E-state index < -0.39 is 0 Å². The van der Waals surface area contributed by atoms with Crippen LogP contribution in [0.1, 0.15) is 5.56 Å². The molecule has 0 heterocycles. The maximum Gasteiger partial charge on any atom is 0.106 e. The Morgan fingerprint density at radius 3 is 2.53 bits per heavy atom. The summed E-state index contributed by atoms with van der Waals surface area (Å²) in [6, 6.07) is 10.5. The van der Waals surface area contributed by atoms with Crippen LogP contribution >= 0.6 is 0 Å². The van der Waals surface area contributed by atoms with E-state index in [0.29, 0.717) is 0 Å². The lowest BCUT2D eigenvalue weighted by Crippen LogP contribution is -2.24. The first-order chi connectivity index (χ1) is 7.43. The molecule has 0 saturated carbocycles. The van der Waals surface area contributed by atoms with Crippen molar-refractivity contribution < 1.29 is 0 Å². The minimum absolute atomic E-state index is 0.990. The maximum absolute atomic E-state index is 5.19. The fourth-order valence-corrected chi connectivity index (χ4v) is 1.25. The van der Waals surface area contributed by atoms with Crippen LogP contribution in [0.2, 0.25) is 6.22 Å². The van der Waals surface area contributed by atoms with Crippen LogP contribution in [0.3, 0.4) is 0 Å². The topological polar surface area (TPSA) is 0 Å². The summed E-state index contributed by atoms with van der Waals surface area (Å²) in [4.78, 5) is 0. The molecule has 0 bridgehead atoms. The van der Waals surface area contributed by atoms with Crippen LogP contribution < -0.4 is 0 Å². The van der Waals surface area contributed by atoms with Crippen LogP contribution in [0.4, 0.5) is 0 Å². The van der Waals surface area contributed by atoms with Gasteiger partial charge in [-0.25, -0.2) is 0 Å². The van der Waals surface area contributed by atoms with E-state index in [-0.39, 0.29) is 0 Å². The van der Waals surface area contributed by atoms with Gasteiger partial charge in [-0.1, -0.05) is 42.2 Å². The maximum atomic E-state index is 5.19. The summed E-state index contributed by atoms with van der Waals surface area (Å²) in [5.74, 6) is 0. The predicted molar refractivity (Wildman–Crippen MR) is 75.2 cm³/mol. The second kappa shape index (κ2) is 8.94. The molecule has 0 aromatic heterocycles. The van der Waals surface area contributed by atoms with Crippen LogP contribution in [-0.2, 0) is 6.32 Å². The zero-order valence-corrected chi connectivity index (χ0v) is 8.84. The second-order valence-corrected chi connectivity index (χ2v) is 3.22. The first-order valence-corrected chi connectivity index (χ1v) is 5.16. The number of hydrogen-bond donors (Lipinski definition) is 0. The summed E-state index contributed by atoms with van der Waals surface area (Å²) in [7, 11) is 16.8.